The molecule has 0 aliphatic rings. The Labute approximate surface area is 126 Å². The molecule has 0 radical (unpaired) electrons. The van der Waals surface area contributed by atoms with E-state index in [0.29, 0.717) is 0 Å². The topological polar surface area (TPSA) is 30.2 Å². The summed E-state index contributed by atoms with van der Waals surface area (Å²) in [6.45, 7) is 6.64. The van der Waals surface area contributed by atoms with Gasteiger partial charge in [-0.25, -0.2) is 0 Å². The van der Waals surface area contributed by atoms with Gasteiger partial charge in [-0.15, -0.1) is 10.2 Å². The monoisotopic (exact) mass is 329 g/mol. The highest BCUT2D eigenvalue weighted by atomic mass is 79.9. The molecular weight excluding hydrogens is 314 g/mol. The molecule has 0 saturated heterocycles. The van der Waals surface area contributed by atoms with Gasteiger partial charge >= 0.3 is 0 Å². The van der Waals surface area contributed by atoms with Crippen LogP contribution in [0.1, 0.15) is 26.3 Å². The highest BCUT2D eigenvalue weighted by molar-refractivity contribution is 9.10. The third-order valence-electron chi connectivity index (χ3n) is 3.40. The molecule has 3 rings (SSSR count). The molecular formula is C16H16BrN3. The van der Waals surface area contributed by atoms with Crippen LogP contribution in [-0.2, 0) is 5.41 Å². The molecule has 3 aromatic rings. The van der Waals surface area contributed by atoms with E-state index in [9.17, 15) is 0 Å². The Morgan fingerprint density at radius 1 is 1.00 bits per heavy atom. The first-order chi connectivity index (χ1) is 9.47. The first kappa shape index (κ1) is 13.3. The molecule has 20 heavy (non-hydrogen) atoms. The molecule has 4 heteroatoms. The SMILES string of the molecule is CC(C)(C)c1ccc(-c2nnc3c(Br)cccn23)cc1. The predicted molar refractivity (Wildman–Crippen MR) is 84.8 cm³/mol. The van der Waals surface area contributed by atoms with Crippen LogP contribution in [0.5, 0.6) is 0 Å². The van der Waals surface area contributed by atoms with E-state index < -0.39 is 0 Å². The van der Waals surface area contributed by atoms with Crippen molar-refractivity contribution in [2.75, 3.05) is 0 Å². The number of hydrogen-bond acceptors (Lipinski definition) is 2. The Morgan fingerprint density at radius 3 is 2.35 bits per heavy atom. The zero-order valence-electron chi connectivity index (χ0n) is 11.8. The maximum Gasteiger partial charge on any atom is 0.175 e. The minimum absolute atomic E-state index is 0.161. The van der Waals surface area contributed by atoms with E-state index in [1.165, 1.54) is 5.56 Å². The maximum atomic E-state index is 4.30. The average Bonchev–Trinajstić information content (AvgIpc) is 2.83. The normalized spacial score (nSPS) is 12.0. The van der Waals surface area contributed by atoms with E-state index >= 15 is 0 Å². The molecule has 0 bridgehead atoms. The fourth-order valence-corrected chi connectivity index (χ4v) is 2.62. The Balaban J connectivity index is 2.10. The van der Waals surface area contributed by atoms with Gasteiger partial charge in [-0.1, -0.05) is 45.0 Å². The lowest BCUT2D eigenvalue weighted by Gasteiger charge is -2.18. The summed E-state index contributed by atoms with van der Waals surface area (Å²) in [7, 11) is 0. The molecule has 2 aromatic heterocycles. The zero-order valence-corrected chi connectivity index (χ0v) is 13.3. The van der Waals surface area contributed by atoms with Crippen molar-refractivity contribution in [1.29, 1.82) is 0 Å². The summed E-state index contributed by atoms with van der Waals surface area (Å²) in [5.41, 5.74) is 3.39. The van der Waals surface area contributed by atoms with Gasteiger partial charge in [0.25, 0.3) is 0 Å². The summed E-state index contributed by atoms with van der Waals surface area (Å²) in [6.07, 6.45) is 1.98. The van der Waals surface area contributed by atoms with Gasteiger partial charge in [0.2, 0.25) is 0 Å². The van der Waals surface area contributed by atoms with Crippen molar-refractivity contribution in [2.24, 2.45) is 0 Å². The van der Waals surface area contributed by atoms with Crippen molar-refractivity contribution in [3.05, 3.63) is 52.6 Å². The van der Waals surface area contributed by atoms with Crippen LogP contribution in [0.25, 0.3) is 17.0 Å². The van der Waals surface area contributed by atoms with Crippen molar-refractivity contribution >= 4 is 21.6 Å². The van der Waals surface area contributed by atoms with Gasteiger partial charge in [-0.2, -0.15) is 0 Å². The first-order valence-electron chi connectivity index (χ1n) is 6.57. The quantitative estimate of drug-likeness (QED) is 0.660. The molecule has 0 amide bonds. The van der Waals surface area contributed by atoms with Gasteiger partial charge in [0.05, 0.1) is 4.47 Å². The van der Waals surface area contributed by atoms with Crippen LogP contribution < -0.4 is 0 Å². The molecule has 2 heterocycles. The first-order valence-corrected chi connectivity index (χ1v) is 7.36. The minimum Gasteiger partial charge on any atom is -0.281 e. The summed E-state index contributed by atoms with van der Waals surface area (Å²) >= 11 is 3.50. The van der Waals surface area contributed by atoms with Crippen LogP contribution in [0, 0.1) is 0 Å². The molecule has 0 aliphatic heterocycles. The number of hydrogen-bond donors (Lipinski definition) is 0. The molecule has 0 aliphatic carbocycles. The molecule has 3 nitrogen and oxygen atoms in total. The highest BCUT2D eigenvalue weighted by Crippen LogP contribution is 2.26. The highest BCUT2D eigenvalue weighted by Gasteiger charge is 2.14. The van der Waals surface area contributed by atoms with Crippen molar-refractivity contribution in [1.82, 2.24) is 14.6 Å². The Bertz CT molecular complexity index is 751. The average molecular weight is 330 g/mol. The fraction of sp³-hybridized carbons (Fsp3) is 0.250. The number of rotatable bonds is 1. The predicted octanol–water partition coefficient (Wildman–Crippen LogP) is 4.46. The van der Waals surface area contributed by atoms with Crippen molar-refractivity contribution < 1.29 is 0 Å². The van der Waals surface area contributed by atoms with E-state index in [1.807, 2.05) is 22.7 Å². The van der Waals surface area contributed by atoms with E-state index in [0.717, 1.165) is 21.5 Å². The molecule has 0 spiro atoms. The van der Waals surface area contributed by atoms with Crippen molar-refractivity contribution in [2.45, 2.75) is 26.2 Å². The molecule has 0 fully saturated rings. The maximum absolute atomic E-state index is 4.30. The number of fused-ring (bicyclic) bond motifs is 1. The smallest absolute Gasteiger partial charge is 0.175 e. The van der Waals surface area contributed by atoms with Crippen LogP contribution >= 0.6 is 15.9 Å². The summed E-state index contributed by atoms with van der Waals surface area (Å²) in [4.78, 5) is 0. The van der Waals surface area contributed by atoms with Gasteiger partial charge in [0.15, 0.2) is 11.5 Å². The Hall–Kier alpha value is -1.68. The second-order valence-electron chi connectivity index (χ2n) is 5.90. The van der Waals surface area contributed by atoms with Gasteiger partial charge in [-0.05, 0) is 39.0 Å². The van der Waals surface area contributed by atoms with E-state index in [2.05, 4.69) is 71.2 Å². The Morgan fingerprint density at radius 2 is 1.70 bits per heavy atom. The van der Waals surface area contributed by atoms with Crippen LogP contribution in [0.15, 0.2) is 47.1 Å². The van der Waals surface area contributed by atoms with Crippen molar-refractivity contribution in [3.63, 3.8) is 0 Å². The van der Waals surface area contributed by atoms with Gasteiger partial charge in [0, 0.05) is 11.8 Å². The van der Waals surface area contributed by atoms with Crippen LogP contribution in [0.4, 0.5) is 0 Å². The summed E-state index contributed by atoms with van der Waals surface area (Å²) in [5, 5.41) is 8.53. The standard InChI is InChI=1S/C16H16BrN3/c1-16(2,3)12-8-6-11(7-9-12)14-18-19-15-13(17)5-4-10-20(14)15/h4-10H,1-3H3. The summed E-state index contributed by atoms with van der Waals surface area (Å²) < 4.78 is 2.95. The number of halogens is 1. The lowest BCUT2D eigenvalue weighted by molar-refractivity contribution is 0.590. The van der Waals surface area contributed by atoms with E-state index in [1.54, 1.807) is 0 Å². The number of pyridine rings is 1. The number of benzene rings is 1. The van der Waals surface area contributed by atoms with Gasteiger partial charge < -0.3 is 0 Å². The van der Waals surface area contributed by atoms with Crippen LogP contribution in [0.2, 0.25) is 0 Å². The lowest BCUT2D eigenvalue weighted by atomic mass is 9.87. The second-order valence-corrected chi connectivity index (χ2v) is 6.76. The largest absolute Gasteiger partial charge is 0.281 e. The Kier molecular flexibility index (Phi) is 3.13. The molecule has 0 atom stereocenters. The second kappa shape index (κ2) is 4.70. The molecule has 0 unspecified atom stereocenters. The van der Waals surface area contributed by atoms with Gasteiger partial charge in [0.1, 0.15) is 0 Å². The number of nitrogens with zero attached hydrogens (tertiary/aromatic N) is 3. The number of aromatic nitrogens is 3. The lowest BCUT2D eigenvalue weighted by Crippen LogP contribution is -2.10. The molecule has 0 N–H and O–H groups in total. The third kappa shape index (κ3) is 2.24. The molecule has 102 valence electrons. The van der Waals surface area contributed by atoms with Crippen LogP contribution in [-0.4, -0.2) is 14.6 Å². The zero-order chi connectivity index (χ0) is 14.3. The minimum atomic E-state index is 0.161. The summed E-state index contributed by atoms with van der Waals surface area (Å²) in [5.74, 6) is 0.863. The summed E-state index contributed by atoms with van der Waals surface area (Å²) in [6, 6.07) is 12.5. The van der Waals surface area contributed by atoms with E-state index in [-0.39, 0.29) is 5.41 Å². The van der Waals surface area contributed by atoms with Crippen LogP contribution in [0.3, 0.4) is 0 Å². The molecule has 1 aromatic carbocycles. The third-order valence-corrected chi connectivity index (χ3v) is 4.02. The molecule has 0 saturated carbocycles. The van der Waals surface area contributed by atoms with Crippen molar-refractivity contribution in [3.8, 4) is 11.4 Å². The van der Waals surface area contributed by atoms with Gasteiger partial charge in [-0.3, -0.25) is 4.40 Å². The fourth-order valence-electron chi connectivity index (χ4n) is 2.20. The van der Waals surface area contributed by atoms with E-state index in [4.69, 9.17) is 0 Å².